The smallest absolute Gasteiger partial charge is 0.278 e. The number of amides is 2. The van der Waals surface area contributed by atoms with E-state index in [0.717, 1.165) is 22.5 Å². The number of thiophene rings is 1. The van der Waals surface area contributed by atoms with Crippen molar-refractivity contribution < 1.29 is 9.59 Å². The standard InChI is InChI=1S/C22H22N4O3S/c1-15-13-16-5-2-3-7-19(16)26(15)22(29)18-8-9-21(28)25(24-18)11-10-20(27)23-14-17-6-4-12-30-17/h2-9,12,15H,10-11,13-14H2,1H3,(H,23,27). The van der Waals surface area contributed by atoms with Crippen molar-refractivity contribution in [1.29, 1.82) is 0 Å². The molecular weight excluding hydrogens is 400 g/mol. The summed E-state index contributed by atoms with van der Waals surface area (Å²) < 4.78 is 1.19. The number of rotatable bonds is 6. The number of nitrogens with zero attached hydrogens (tertiary/aromatic N) is 3. The predicted molar refractivity (Wildman–Crippen MR) is 116 cm³/mol. The Morgan fingerprint density at radius 3 is 2.80 bits per heavy atom. The molecule has 1 aliphatic heterocycles. The van der Waals surface area contributed by atoms with Crippen LogP contribution in [0.4, 0.5) is 5.69 Å². The van der Waals surface area contributed by atoms with Crippen molar-refractivity contribution in [2.24, 2.45) is 0 Å². The molecule has 0 saturated carbocycles. The van der Waals surface area contributed by atoms with E-state index in [9.17, 15) is 14.4 Å². The summed E-state index contributed by atoms with van der Waals surface area (Å²) in [4.78, 5) is 40.2. The zero-order chi connectivity index (χ0) is 21.1. The zero-order valence-corrected chi connectivity index (χ0v) is 17.4. The van der Waals surface area contributed by atoms with Crippen LogP contribution in [0.25, 0.3) is 0 Å². The Kier molecular flexibility index (Phi) is 5.76. The Morgan fingerprint density at radius 2 is 2.00 bits per heavy atom. The van der Waals surface area contributed by atoms with Gasteiger partial charge in [-0.2, -0.15) is 5.10 Å². The molecule has 0 aliphatic carbocycles. The Morgan fingerprint density at radius 1 is 1.17 bits per heavy atom. The number of benzene rings is 1. The van der Waals surface area contributed by atoms with Crippen LogP contribution in [-0.2, 0) is 24.3 Å². The highest BCUT2D eigenvalue weighted by Crippen LogP contribution is 2.32. The number of carbonyl (C=O) groups excluding carboxylic acids is 2. The largest absolute Gasteiger partial charge is 0.351 e. The minimum Gasteiger partial charge on any atom is -0.351 e. The maximum Gasteiger partial charge on any atom is 0.278 e. The van der Waals surface area contributed by atoms with Crippen molar-refractivity contribution in [3.8, 4) is 0 Å². The highest BCUT2D eigenvalue weighted by molar-refractivity contribution is 7.09. The van der Waals surface area contributed by atoms with Crippen LogP contribution in [0.15, 0.2) is 58.7 Å². The van der Waals surface area contributed by atoms with E-state index in [0.29, 0.717) is 6.54 Å². The van der Waals surface area contributed by atoms with Crippen LogP contribution in [-0.4, -0.2) is 27.6 Å². The van der Waals surface area contributed by atoms with Gasteiger partial charge in [0, 0.05) is 29.1 Å². The molecule has 2 amide bonds. The molecule has 1 atom stereocenters. The van der Waals surface area contributed by atoms with Gasteiger partial charge in [-0.15, -0.1) is 11.3 Å². The molecule has 7 nitrogen and oxygen atoms in total. The van der Waals surface area contributed by atoms with Crippen LogP contribution >= 0.6 is 11.3 Å². The molecule has 3 aromatic rings. The van der Waals surface area contributed by atoms with Crippen LogP contribution in [0.3, 0.4) is 0 Å². The number of hydrogen-bond acceptors (Lipinski definition) is 5. The van der Waals surface area contributed by atoms with E-state index in [1.807, 2.05) is 48.7 Å². The summed E-state index contributed by atoms with van der Waals surface area (Å²) in [5.41, 5.74) is 1.85. The third-order valence-corrected chi connectivity index (χ3v) is 5.98. The normalized spacial score (nSPS) is 15.1. The van der Waals surface area contributed by atoms with Crippen LogP contribution < -0.4 is 15.8 Å². The fourth-order valence-electron chi connectivity index (χ4n) is 3.62. The predicted octanol–water partition coefficient (Wildman–Crippen LogP) is 2.60. The maximum absolute atomic E-state index is 13.1. The molecule has 1 N–H and O–H groups in total. The molecular formula is C22H22N4O3S. The summed E-state index contributed by atoms with van der Waals surface area (Å²) in [7, 11) is 0. The molecule has 0 bridgehead atoms. The number of aryl methyl sites for hydroxylation is 1. The Hall–Kier alpha value is -3.26. The van der Waals surface area contributed by atoms with Gasteiger partial charge in [-0.1, -0.05) is 24.3 Å². The first-order chi connectivity index (χ1) is 14.5. The summed E-state index contributed by atoms with van der Waals surface area (Å²) >= 11 is 1.57. The number of nitrogens with one attached hydrogen (secondary N) is 1. The van der Waals surface area contributed by atoms with Crippen molar-refractivity contribution in [3.63, 3.8) is 0 Å². The first-order valence-corrected chi connectivity index (χ1v) is 10.7. The zero-order valence-electron chi connectivity index (χ0n) is 16.6. The number of anilines is 1. The third-order valence-electron chi connectivity index (χ3n) is 5.10. The molecule has 30 heavy (non-hydrogen) atoms. The number of fused-ring (bicyclic) bond motifs is 1. The van der Waals surface area contributed by atoms with E-state index >= 15 is 0 Å². The second-order valence-electron chi connectivity index (χ2n) is 7.24. The fraction of sp³-hybridized carbons (Fsp3) is 0.273. The van der Waals surface area contributed by atoms with E-state index in [2.05, 4.69) is 10.4 Å². The molecule has 1 unspecified atom stereocenters. The van der Waals surface area contributed by atoms with Crippen LogP contribution in [0.1, 0.15) is 34.3 Å². The minimum atomic E-state index is -0.340. The SMILES string of the molecule is CC1Cc2ccccc2N1C(=O)c1ccc(=O)n(CCC(=O)NCc2cccs2)n1. The van der Waals surface area contributed by atoms with Gasteiger partial charge in [0.1, 0.15) is 5.69 Å². The number of hydrogen-bond donors (Lipinski definition) is 1. The van der Waals surface area contributed by atoms with Crippen molar-refractivity contribution in [1.82, 2.24) is 15.1 Å². The van der Waals surface area contributed by atoms with E-state index < -0.39 is 0 Å². The number of para-hydroxylation sites is 1. The molecule has 0 fully saturated rings. The first-order valence-electron chi connectivity index (χ1n) is 9.81. The van der Waals surface area contributed by atoms with Gasteiger partial charge in [-0.3, -0.25) is 14.4 Å². The Bertz CT molecular complexity index is 1120. The number of aromatic nitrogens is 2. The average molecular weight is 423 g/mol. The van der Waals surface area contributed by atoms with E-state index in [1.165, 1.54) is 16.8 Å². The van der Waals surface area contributed by atoms with Gasteiger partial charge in [0.25, 0.3) is 11.5 Å². The molecule has 4 rings (SSSR count). The van der Waals surface area contributed by atoms with Crippen molar-refractivity contribution in [3.05, 3.63) is 80.4 Å². The number of carbonyl (C=O) groups is 2. The van der Waals surface area contributed by atoms with Crippen LogP contribution in [0.2, 0.25) is 0 Å². The minimum absolute atomic E-state index is 0.0140. The van der Waals surface area contributed by atoms with Gasteiger partial charge in [0.15, 0.2) is 0 Å². The fourth-order valence-corrected chi connectivity index (χ4v) is 4.26. The highest BCUT2D eigenvalue weighted by Gasteiger charge is 2.32. The molecule has 3 heterocycles. The van der Waals surface area contributed by atoms with Crippen LogP contribution in [0, 0.1) is 0 Å². The molecule has 1 aromatic carbocycles. The molecule has 8 heteroatoms. The van der Waals surface area contributed by atoms with Gasteiger partial charge in [0.2, 0.25) is 5.91 Å². The topological polar surface area (TPSA) is 84.3 Å². The summed E-state index contributed by atoms with van der Waals surface area (Å²) in [6.45, 7) is 2.57. The molecule has 0 radical (unpaired) electrons. The molecule has 2 aromatic heterocycles. The van der Waals surface area contributed by atoms with E-state index in [4.69, 9.17) is 0 Å². The lowest BCUT2D eigenvalue weighted by Gasteiger charge is -2.22. The summed E-state index contributed by atoms with van der Waals surface area (Å²) in [6, 6.07) is 14.5. The van der Waals surface area contributed by atoms with Gasteiger partial charge in [0.05, 0.1) is 13.1 Å². The summed E-state index contributed by atoms with van der Waals surface area (Å²) in [5.74, 6) is -0.417. The third kappa shape index (κ3) is 4.18. The van der Waals surface area contributed by atoms with Crippen molar-refractivity contribution >= 4 is 28.8 Å². The summed E-state index contributed by atoms with van der Waals surface area (Å²) in [6.07, 6.45) is 0.894. The van der Waals surface area contributed by atoms with Crippen molar-refractivity contribution in [2.75, 3.05) is 4.90 Å². The van der Waals surface area contributed by atoms with Gasteiger partial charge in [-0.25, -0.2) is 4.68 Å². The van der Waals surface area contributed by atoms with Crippen LogP contribution in [0.5, 0.6) is 0 Å². The first kappa shape index (κ1) is 20.0. The van der Waals surface area contributed by atoms with Gasteiger partial charge >= 0.3 is 0 Å². The molecule has 154 valence electrons. The lowest BCUT2D eigenvalue weighted by molar-refractivity contribution is -0.121. The monoisotopic (exact) mass is 422 g/mol. The van der Waals surface area contributed by atoms with Crippen molar-refractivity contribution in [2.45, 2.75) is 38.9 Å². The van der Waals surface area contributed by atoms with E-state index in [1.54, 1.807) is 16.2 Å². The second-order valence-corrected chi connectivity index (χ2v) is 8.28. The molecule has 0 saturated heterocycles. The lowest BCUT2D eigenvalue weighted by Crippen LogP contribution is -2.38. The second kappa shape index (κ2) is 8.62. The highest BCUT2D eigenvalue weighted by atomic mass is 32.1. The lowest BCUT2D eigenvalue weighted by atomic mass is 10.1. The summed E-state index contributed by atoms with van der Waals surface area (Å²) in [5, 5.41) is 9.02. The molecule has 0 spiro atoms. The van der Waals surface area contributed by atoms with Gasteiger partial charge < -0.3 is 10.2 Å². The average Bonchev–Trinajstić information content (AvgIpc) is 3.38. The Labute approximate surface area is 178 Å². The van der Waals surface area contributed by atoms with E-state index in [-0.39, 0.29) is 42.1 Å². The van der Waals surface area contributed by atoms with Gasteiger partial charge in [-0.05, 0) is 42.5 Å². The quantitative estimate of drug-likeness (QED) is 0.662. The maximum atomic E-state index is 13.1. The Balaban J connectivity index is 1.45. The molecule has 1 aliphatic rings.